The largest absolute Gasteiger partial charge is 0.0847 e. The van der Waals surface area contributed by atoms with E-state index in [1.54, 1.807) is 16.7 Å². The lowest BCUT2D eigenvalue weighted by atomic mass is 9.80. The molecule has 0 saturated heterocycles. The van der Waals surface area contributed by atoms with Crippen LogP contribution in [0.15, 0.2) is 28.9 Å². The highest BCUT2D eigenvalue weighted by Crippen LogP contribution is 2.40. The highest BCUT2D eigenvalue weighted by molar-refractivity contribution is 5.38. The molecule has 3 aliphatic carbocycles. The third-order valence-electron chi connectivity index (χ3n) is 4.74. The van der Waals surface area contributed by atoms with Gasteiger partial charge in [-0.2, -0.15) is 0 Å². The normalized spacial score (nSPS) is 29.3. The Morgan fingerprint density at radius 1 is 0.889 bits per heavy atom. The molecular formula is C18H25. The number of allylic oxidation sites excluding steroid dienone is 6. The van der Waals surface area contributed by atoms with E-state index < -0.39 is 0 Å². The van der Waals surface area contributed by atoms with Crippen molar-refractivity contribution in [2.75, 3.05) is 0 Å². The first kappa shape index (κ1) is 12.3. The zero-order valence-corrected chi connectivity index (χ0v) is 11.5. The minimum atomic E-state index is 0.736. The second kappa shape index (κ2) is 5.91. The Morgan fingerprint density at radius 2 is 1.83 bits per heavy atom. The third-order valence-corrected chi connectivity index (χ3v) is 4.74. The molecule has 0 amide bonds. The van der Waals surface area contributed by atoms with Crippen LogP contribution in [0, 0.1) is 12.0 Å². The Balaban J connectivity index is 1.86. The summed E-state index contributed by atoms with van der Waals surface area (Å²) in [5.74, 6) is 0.736. The van der Waals surface area contributed by atoms with Crippen molar-refractivity contribution in [2.45, 2.75) is 70.6 Å². The molecule has 0 spiro atoms. The summed E-state index contributed by atoms with van der Waals surface area (Å²) < 4.78 is 0. The molecule has 0 aromatic heterocycles. The Kier molecular flexibility index (Phi) is 4.02. The molecule has 0 aliphatic heterocycles. The average Bonchev–Trinajstić information content (AvgIpc) is 2.84. The predicted octanol–water partition coefficient (Wildman–Crippen LogP) is 5.52. The Labute approximate surface area is 112 Å². The lowest BCUT2D eigenvalue weighted by Crippen LogP contribution is -2.10. The van der Waals surface area contributed by atoms with Gasteiger partial charge in [-0.25, -0.2) is 0 Å². The van der Waals surface area contributed by atoms with Gasteiger partial charge in [-0.05, 0) is 81.4 Å². The van der Waals surface area contributed by atoms with Crippen molar-refractivity contribution in [3.05, 3.63) is 34.9 Å². The van der Waals surface area contributed by atoms with Crippen LogP contribution in [0.25, 0.3) is 0 Å². The van der Waals surface area contributed by atoms with E-state index in [9.17, 15) is 0 Å². The van der Waals surface area contributed by atoms with Crippen LogP contribution >= 0.6 is 0 Å². The molecule has 0 heterocycles. The van der Waals surface area contributed by atoms with E-state index in [1.165, 1.54) is 70.6 Å². The van der Waals surface area contributed by atoms with Crippen molar-refractivity contribution in [3.8, 4) is 0 Å². The van der Waals surface area contributed by atoms with Gasteiger partial charge in [-0.15, -0.1) is 0 Å². The number of rotatable bonds is 2. The van der Waals surface area contributed by atoms with E-state index in [-0.39, 0.29) is 0 Å². The van der Waals surface area contributed by atoms with Crippen LogP contribution in [0.4, 0.5) is 0 Å². The zero-order valence-electron chi connectivity index (χ0n) is 11.5. The SMILES string of the molecule is [C]1=C(C2=CCCCC2)C(C2=CCCC2)CCCC1. The van der Waals surface area contributed by atoms with Crippen molar-refractivity contribution < 1.29 is 0 Å². The molecule has 0 fully saturated rings. The Morgan fingerprint density at radius 3 is 2.61 bits per heavy atom. The lowest BCUT2D eigenvalue weighted by molar-refractivity contribution is 0.584. The van der Waals surface area contributed by atoms with Crippen LogP contribution in [0.1, 0.15) is 70.6 Å². The molecule has 0 aromatic rings. The summed E-state index contributed by atoms with van der Waals surface area (Å²) in [6, 6.07) is 0. The molecule has 3 aliphatic rings. The highest BCUT2D eigenvalue weighted by Gasteiger charge is 2.25. The fraction of sp³-hybridized carbons (Fsp3) is 0.667. The van der Waals surface area contributed by atoms with E-state index in [4.69, 9.17) is 0 Å². The molecule has 1 radical (unpaired) electrons. The first-order valence-electron chi connectivity index (χ1n) is 7.94. The monoisotopic (exact) mass is 241 g/mol. The van der Waals surface area contributed by atoms with Crippen molar-refractivity contribution in [1.82, 2.24) is 0 Å². The molecule has 0 nitrogen and oxygen atoms in total. The third kappa shape index (κ3) is 2.63. The van der Waals surface area contributed by atoms with Crippen molar-refractivity contribution in [1.29, 1.82) is 0 Å². The molecule has 0 bridgehead atoms. The molecule has 3 rings (SSSR count). The maximum Gasteiger partial charge on any atom is 0.00536 e. The Bertz CT molecular complexity index is 381. The van der Waals surface area contributed by atoms with E-state index in [1.807, 2.05) is 0 Å². The second-order valence-corrected chi connectivity index (χ2v) is 6.04. The van der Waals surface area contributed by atoms with Gasteiger partial charge >= 0.3 is 0 Å². The molecule has 0 N–H and O–H groups in total. The molecule has 0 heteroatoms. The standard InChI is InChI=1S/C18H25/c1-3-9-15(10-4-1)17-13-5-2-6-14-18(17)16-11-7-8-12-16/h9,11,18H,1-8,10,12,14H2. The van der Waals surface area contributed by atoms with Gasteiger partial charge in [0.25, 0.3) is 0 Å². The quantitative estimate of drug-likeness (QED) is 0.559. The van der Waals surface area contributed by atoms with Crippen molar-refractivity contribution in [2.24, 2.45) is 5.92 Å². The van der Waals surface area contributed by atoms with Crippen LogP contribution < -0.4 is 0 Å². The maximum absolute atomic E-state index is 3.79. The Hall–Kier alpha value is -0.780. The zero-order chi connectivity index (χ0) is 12.2. The number of hydrogen-bond donors (Lipinski definition) is 0. The van der Waals surface area contributed by atoms with Gasteiger partial charge in [0.05, 0.1) is 0 Å². The molecular weight excluding hydrogens is 216 g/mol. The summed E-state index contributed by atoms with van der Waals surface area (Å²) in [7, 11) is 0. The number of hydrogen-bond acceptors (Lipinski definition) is 0. The van der Waals surface area contributed by atoms with Gasteiger partial charge in [0.15, 0.2) is 0 Å². The average molecular weight is 241 g/mol. The van der Waals surface area contributed by atoms with Gasteiger partial charge in [-0.1, -0.05) is 24.1 Å². The molecule has 18 heavy (non-hydrogen) atoms. The van der Waals surface area contributed by atoms with Gasteiger partial charge in [0, 0.05) is 5.92 Å². The summed E-state index contributed by atoms with van der Waals surface area (Å²) in [5.41, 5.74) is 5.01. The minimum Gasteiger partial charge on any atom is -0.0847 e. The van der Waals surface area contributed by atoms with Crippen molar-refractivity contribution >= 4 is 0 Å². The lowest BCUT2D eigenvalue weighted by Gasteiger charge is -2.24. The highest BCUT2D eigenvalue weighted by atomic mass is 14.3. The molecule has 97 valence electrons. The van der Waals surface area contributed by atoms with Gasteiger partial charge < -0.3 is 0 Å². The van der Waals surface area contributed by atoms with Crippen LogP contribution in [-0.2, 0) is 0 Å². The molecule has 0 aromatic carbocycles. The first-order valence-corrected chi connectivity index (χ1v) is 7.94. The fourth-order valence-electron chi connectivity index (χ4n) is 3.77. The van der Waals surface area contributed by atoms with Gasteiger partial charge in [0.1, 0.15) is 0 Å². The fourth-order valence-corrected chi connectivity index (χ4v) is 3.77. The summed E-state index contributed by atoms with van der Waals surface area (Å²) >= 11 is 0. The molecule has 1 unspecified atom stereocenters. The van der Waals surface area contributed by atoms with Crippen molar-refractivity contribution in [3.63, 3.8) is 0 Å². The summed E-state index contributed by atoms with van der Waals surface area (Å²) in [6.45, 7) is 0. The van der Waals surface area contributed by atoms with E-state index in [2.05, 4.69) is 18.2 Å². The smallest absolute Gasteiger partial charge is 0.00536 e. The van der Waals surface area contributed by atoms with Crippen LogP contribution in [0.3, 0.4) is 0 Å². The first-order chi connectivity index (χ1) is 8.95. The topological polar surface area (TPSA) is 0 Å². The summed E-state index contributed by atoms with van der Waals surface area (Å²) in [6.07, 6.45) is 23.6. The molecule has 0 saturated carbocycles. The summed E-state index contributed by atoms with van der Waals surface area (Å²) in [5, 5.41) is 0. The van der Waals surface area contributed by atoms with Gasteiger partial charge in [0.2, 0.25) is 0 Å². The predicted molar refractivity (Wildman–Crippen MR) is 77.2 cm³/mol. The van der Waals surface area contributed by atoms with Crippen LogP contribution in [-0.4, -0.2) is 0 Å². The van der Waals surface area contributed by atoms with E-state index in [0.29, 0.717) is 0 Å². The maximum atomic E-state index is 3.79. The van der Waals surface area contributed by atoms with E-state index in [0.717, 1.165) is 5.92 Å². The summed E-state index contributed by atoms with van der Waals surface area (Å²) in [4.78, 5) is 0. The van der Waals surface area contributed by atoms with Crippen LogP contribution in [0.5, 0.6) is 0 Å². The second-order valence-electron chi connectivity index (χ2n) is 6.04. The van der Waals surface area contributed by atoms with Crippen LogP contribution in [0.2, 0.25) is 0 Å². The van der Waals surface area contributed by atoms with E-state index >= 15 is 0 Å². The van der Waals surface area contributed by atoms with Gasteiger partial charge in [-0.3, -0.25) is 0 Å². The molecule has 1 atom stereocenters. The minimum absolute atomic E-state index is 0.736.